The Labute approximate surface area is 301 Å². The van der Waals surface area contributed by atoms with Crippen LogP contribution in [0.4, 0.5) is 0 Å². The Bertz CT molecular complexity index is 1400. The van der Waals surface area contributed by atoms with Crippen molar-refractivity contribution in [3.8, 4) is 0 Å². The molecule has 0 aromatic heterocycles. The molecule has 0 aromatic carbocycles. The van der Waals surface area contributed by atoms with E-state index in [4.69, 9.17) is 13.6 Å². The molecule has 0 radical (unpaired) electrons. The summed E-state index contributed by atoms with van der Waals surface area (Å²) >= 11 is 0. The molecule has 278 valence electrons. The van der Waals surface area contributed by atoms with Crippen LogP contribution in [0.25, 0.3) is 0 Å². The van der Waals surface area contributed by atoms with Gasteiger partial charge in [-0.25, -0.2) is 4.79 Å². The average molecular weight is 715 g/mol. The van der Waals surface area contributed by atoms with Crippen molar-refractivity contribution in [3.05, 3.63) is 23.3 Å². The Kier molecular flexibility index (Phi) is 10.7. The molecule has 8 atom stereocenters. The highest BCUT2D eigenvalue weighted by Gasteiger charge is 2.74. The van der Waals surface area contributed by atoms with Crippen LogP contribution in [0.3, 0.4) is 0 Å². The molecule has 3 fully saturated rings. The number of fused-ring (bicyclic) bond motifs is 4. The number of ether oxygens (including phenoxy) is 1. The quantitative estimate of drug-likeness (QED) is 0.0970. The predicted molar refractivity (Wildman–Crippen MR) is 204 cm³/mol. The summed E-state index contributed by atoms with van der Waals surface area (Å²) in [4.78, 5) is 40.7. The van der Waals surface area contributed by atoms with Crippen LogP contribution in [-0.2, 0) is 28.0 Å². The molecule has 4 aliphatic rings. The molecule has 6 nitrogen and oxygen atoms in total. The van der Waals surface area contributed by atoms with Crippen LogP contribution in [0, 0.1) is 38.9 Å². The molecule has 4 aliphatic carbocycles. The summed E-state index contributed by atoms with van der Waals surface area (Å²) in [6.07, 6.45) is 9.28. The summed E-state index contributed by atoms with van der Waals surface area (Å²) < 4.78 is 19.5. The lowest BCUT2D eigenvalue weighted by atomic mass is 9.42. The number of carbonyl (C=O) groups is 3. The highest BCUT2D eigenvalue weighted by molar-refractivity contribution is 6.74. The summed E-state index contributed by atoms with van der Waals surface area (Å²) in [5.74, 6) is 0.198. The highest BCUT2D eigenvalue weighted by atomic mass is 28.4. The van der Waals surface area contributed by atoms with Crippen LogP contribution < -0.4 is 0 Å². The van der Waals surface area contributed by atoms with Gasteiger partial charge in [-0.05, 0) is 118 Å². The van der Waals surface area contributed by atoms with Crippen molar-refractivity contribution < 1.29 is 28.0 Å². The largest absolute Gasteiger partial charge is 0.463 e. The molecule has 0 amide bonds. The first-order valence-electron chi connectivity index (χ1n) is 19.2. The molecule has 0 aromatic rings. The van der Waals surface area contributed by atoms with Gasteiger partial charge in [-0.15, -0.1) is 0 Å². The first-order valence-corrected chi connectivity index (χ1v) is 25.5. The third-order valence-electron chi connectivity index (χ3n) is 14.9. The molecule has 3 saturated carbocycles. The molecule has 8 heteroatoms. The van der Waals surface area contributed by atoms with E-state index in [9.17, 15) is 14.4 Å². The molecule has 1 spiro atoms. The zero-order valence-electron chi connectivity index (χ0n) is 34.1. The first kappa shape index (κ1) is 40.4. The molecule has 0 heterocycles. The van der Waals surface area contributed by atoms with Gasteiger partial charge in [0.2, 0.25) is 0 Å². The van der Waals surface area contributed by atoms with Crippen molar-refractivity contribution in [1.29, 1.82) is 0 Å². The van der Waals surface area contributed by atoms with Crippen LogP contribution in [0.15, 0.2) is 23.3 Å². The summed E-state index contributed by atoms with van der Waals surface area (Å²) in [5.41, 5.74) is 0.0857. The van der Waals surface area contributed by atoms with Crippen molar-refractivity contribution in [1.82, 2.24) is 0 Å². The molecular weight excluding hydrogens is 645 g/mol. The van der Waals surface area contributed by atoms with Gasteiger partial charge in [-0.1, -0.05) is 74.0 Å². The number of esters is 1. The van der Waals surface area contributed by atoms with Gasteiger partial charge < -0.3 is 13.6 Å². The fraction of sp³-hybridized carbons (Fsp3) is 0.829. The normalized spacial score (nSPS) is 37.1. The second-order valence-electron chi connectivity index (χ2n) is 20.0. The minimum Gasteiger partial charge on any atom is -0.463 e. The van der Waals surface area contributed by atoms with Crippen LogP contribution in [0.5, 0.6) is 0 Å². The summed E-state index contributed by atoms with van der Waals surface area (Å²) in [6.45, 7) is 36.3. The molecule has 0 bridgehead atoms. The van der Waals surface area contributed by atoms with E-state index in [1.165, 1.54) is 11.6 Å². The summed E-state index contributed by atoms with van der Waals surface area (Å²) in [7, 11) is -4.03. The van der Waals surface area contributed by atoms with Crippen molar-refractivity contribution in [2.45, 2.75) is 171 Å². The Morgan fingerprint density at radius 1 is 0.980 bits per heavy atom. The first-order chi connectivity index (χ1) is 22.2. The van der Waals surface area contributed by atoms with Crippen molar-refractivity contribution in [2.75, 3.05) is 6.61 Å². The summed E-state index contributed by atoms with van der Waals surface area (Å²) in [6, 6.07) is 0. The minimum absolute atomic E-state index is 0.0493. The van der Waals surface area contributed by atoms with E-state index >= 15 is 0 Å². The van der Waals surface area contributed by atoms with Crippen molar-refractivity contribution in [3.63, 3.8) is 0 Å². The summed E-state index contributed by atoms with van der Waals surface area (Å²) in [5, 5.41) is 0.137. The lowest BCUT2D eigenvalue weighted by Crippen LogP contribution is -2.61. The van der Waals surface area contributed by atoms with E-state index in [2.05, 4.69) is 101 Å². The number of hydrogen-bond acceptors (Lipinski definition) is 6. The van der Waals surface area contributed by atoms with Gasteiger partial charge in [0.05, 0.1) is 24.2 Å². The van der Waals surface area contributed by atoms with Crippen LogP contribution in [0.1, 0.15) is 121 Å². The third-order valence-corrected chi connectivity index (χ3v) is 20.4. The molecule has 0 aliphatic heterocycles. The molecule has 0 unspecified atom stereocenters. The fourth-order valence-corrected chi connectivity index (χ4v) is 13.4. The monoisotopic (exact) mass is 714 g/mol. The molecule has 0 saturated heterocycles. The molecule has 4 rings (SSSR count). The third kappa shape index (κ3) is 6.39. The van der Waals surface area contributed by atoms with E-state index < -0.39 is 33.4 Å². The van der Waals surface area contributed by atoms with E-state index in [1.807, 2.05) is 0 Å². The second kappa shape index (κ2) is 12.9. The van der Waals surface area contributed by atoms with Gasteiger partial charge in [-0.3, -0.25) is 9.59 Å². The van der Waals surface area contributed by atoms with Gasteiger partial charge in [0.25, 0.3) is 0 Å². The lowest BCUT2D eigenvalue weighted by Gasteiger charge is -2.62. The maximum Gasteiger partial charge on any atom is 0.333 e. The van der Waals surface area contributed by atoms with Gasteiger partial charge >= 0.3 is 5.97 Å². The van der Waals surface area contributed by atoms with Gasteiger partial charge in [0.1, 0.15) is 5.78 Å². The molecular formula is C41H70O6Si2. The van der Waals surface area contributed by atoms with E-state index in [0.29, 0.717) is 30.1 Å². The Balaban J connectivity index is 1.78. The number of allylic oxidation sites excluding steroid dienone is 2. The maximum absolute atomic E-state index is 14.8. The van der Waals surface area contributed by atoms with Crippen LogP contribution >= 0.6 is 0 Å². The lowest BCUT2D eigenvalue weighted by molar-refractivity contribution is -0.153. The highest BCUT2D eigenvalue weighted by Crippen LogP contribution is 2.77. The number of Topliss-reactive ketones (excluding diaryl/α,β-unsaturated/α-hetero) is 1. The maximum atomic E-state index is 14.8. The average Bonchev–Trinajstić information content (AvgIpc) is 3.38. The number of hydrogen-bond donors (Lipinski definition) is 0. The number of ketones is 2. The van der Waals surface area contributed by atoms with Crippen molar-refractivity contribution in [2.24, 2.45) is 38.9 Å². The molecule has 49 heavy (non-hydrogen) atoms. The SMILES string of the molecule is CCOC(=O)/C(C)=C/C(=O)C[C@@H](C)[C@]1(C)[C@H](O[Si](C)(C)C)C=C2[C@]3(CC[C@H]4C(C)(C)[C@@H](O[Si](C)(C)C(C)(C)C)CC[C@@]43C)C(=O)CC[C@]21C. The predicted octanol–water partition coefficient (Wildman–Crippen LogP) is 10.2. The van der Waals surface area contributed by atoms with Crippen LogP contribution in [-0.4, -0.2) is 53.0 Å². The standard InChI is InChI=1S/C41H70O6Si2/c1-17-45-35(44)27(2)24-29(42)25-28(3)40(11)34(46-48(12,13)14)26-31-38(40,9)21-19-32(43)41(31)23-18-30-37(7,8)33(20-22-39(30,41)10)47-49(15,16)36(4,5)6/h24,26,28,30,33-34H,17-23,25H2,1-16H3/b27-24+/t28-,30+,33+,34-,38-,39+,40-,41-/m1/s1. The number of carbonyl (C=O) groups excluding carboxylic acids is 3. The Morgan fingerprint density at radius 2 is 1.59 bits per heavy atom. The van der Waals surface area contributed by atoms with Gasteiger partial charge in [0.15, 0.2) is 22.4 Å². The minimum atomic E-state index is -2.04. The van der Waals surface area contributed by atoms with Crippen LogP contribution in [0.2, 0.25) is 37.8 Å². The smallest absolute Gasteiger partial charge is 0.333 e. The zero-order chi connectivity index (χ0) is 37.4. The zero-order valence-corrected chi connectivity index (χ0v) is 36.1. The van der Waals surface area contributed by atoms with E-state index in [-0.39, 0.29) is 51.8 Å². The number of rotatable bonds is 10. The Morgan fingerprint density at radius 3 is 2.14 bits per heavy atom. The molecule has 0 N–H and O–H groups in total. The second-order valence-corrected chi connectivity index (χ2v) is 29.2. The van der Waals surface area contributed by atoms with Gasteiger partial charge in [0, 0.05) is 23.8 Å². The van der Waals surface area contributed by atoms with E-state index in [0.717, 1.165) is 32.1 Å². The Hall–Kier alpha value is -1.36. The van der Waals surface area contributed by atoms with E-state index in [1.54, 1.807) is 13.8 Å². The fourth-order valence-electron chi connectivity index (χ4n) is 10.9. The van der Waals surface area contributed by atoms with Crippen molar-refractivity contribution >= 4 is 34.2 Å². The topological polar surface area (TPSA) is 78.9 Å². The van der Waals surface area contributed by atoms with Gasteiger partial charge in [-0.2, -0.15) is 0 Å².